The number of hydrogen-bond donors (Lipinski definition) is 1. The van der Waals surface area contributed by atoms with Crippen LogP contribution in [0, 0.1) is 0 Å². The minimum absolute atomic E-state index is 0.0740. The lowest BCUT2D eigenvalue weighted by Gasteiger charge is -2.22. The maximum absolute atomic E-state index is 9.12. The summed E-state index contributed by atoms with van der Waals surface area (Å²) in [5.41, 5.74) is 1.07. The molecule has 0 aromatic carbocycles. The van der Waals surface area contributed by atoms with E-state index in [1.54, 1.807) is 24.7 Å². The molecule has 2 rings (SSSR count). The van der Waals surface area contributed by atoms with Crippen LogP contribution in [-0.2, 0) is 6.54 Å². The second kappa shape index (κ2) is 6.33. The van der Waals surface area contributed by atoms with E-state index in [-0.39, 0.29) is 6.61 Å². The van der Waals surface area contributed by atoms with Crippen molar-refractivity contribution in [2.45, 2.75) is 6.54 Å². The van der Waals surface area contributed by atoms with Gasteiger partial charge in [-0.25, -0.2) is 4.98 Å². The highest BCUT2D eigenvalue weighted by Gasteiger charge is 2.08. The second-order valence-electron chi connectivity index (χ2n) is 3.84. The molecule has 2 heterocycles. The molecular formula is C13H14ClN3O. The fourth-order valence-electron chi connectivity index (χ4n) is 1.66. The summed E-state index contributed by atoms with van der Waals surface area (Å²) < 4.78 is 0. The molecule has 0 bridgehead atoms. The van der Waals surface area contributed by atoms with Gasteiger partial charge in [0, 0.05) is 31.7 Å². The Morgan fingerprint density at radius 3 is 2.72 bits per heavy atom. The molecule has 0 spiro atoms. The van der Waals surface area contributed by atoms with Gasteiger partial charge in [0.15, 0.2) is 0 Å². The lowest BCUT2D eigenvalue weighted by molar-refractivity contribution is 0.301. The molecule has 0 fully saturated rings. The van der Waals surface area contributed by atoms with Gasteiger partial charge in [-0.2, -0.15) is 0 Å². The minimum atomic E-state index is 0.0740. The largest absolute Gasteiger partial charge is 0.395 e. The summed E-state index contributed by atoms with van der Waals surface area (Å²) in [5.74, 6) is 0.789. The number of aromatic nitrogens is 2. The quantitative estimate of drug-likeness (QED) is 0.898. The van der Waals surface area contributed by atoms with Crippen molar-refractivity contribution in [3.05, 3.63) is 53.4 Å². The second-order valence-corrected chi connectivity index (χ2v) is 4.28. The molecule has 0 amide bonds. The first-order valence-electron chi connectivity index (χ1n) is 5.66. The molecule has 0 saturated heterocycles. The van der Waals surface area contributed by atoms with Gasteiger partial charge in [0.1, 0.15) is 5.82 Å². The molecule has 0 aliphatic heterocycles. The fraction of sp³-hybridized carbons (Fsp3) is 0.231. The average Bonchev–Trinajstić information content (AvgIpc) is 2.40. The van der Waals surface area contributed by atoms with Gasteiger partial charge in [0.2, 0.25) is 0 Å². The van der Waals surface area contributed by atoms with Crippen LogP contribution in [0.3, 0.4) is 0 Å². The molecule has 0 atom stereocenters. The maximum atomic E-state index is 9.12. The lowest BCUT2D eigenvalue weighted by atomic mass is 10.2. The van der Waals surface area contributed by atoms with E-state index < -0.39 is 0 Å². The van der Waals surface area contributed by atoms with Gasteiger partial charge in [-0.1, -0.05) is 17.7 Å². The molecule has 18 heavy (non-hydrogen) atoms. The Hall–Kier alpha value is -1.65. The van der Waals surface area contributed by atoms with E-state index in [0.717, 1.165) is 11.4 Å². The van der Waals surface area contributed by atoms with Crippen LogP contribution in [0.25, 0.3) is 0 Å². The number of aliphatic hydroxyl groups excluding tert-OH is 1. The zero-order chi connectivity index (χ0) is 12.8. The average molecular weight is 264 g/mol. The first-order valence-corrected chi connectivity index (χ1v) is 6.03. The van der Waals surface area contributed by atoms with Crippen molar-refractivity contribution in [1.82, 2.24) is 9.97 Å². The fourth-order valence-corrected chi connectivity index (χ4v) is 1.77. The smallest absolute Gasteiger partial charge is 0.128 e. The Balaban J connectivity index is 2.15. The summed E-state index contributed by atoms with van der Waals surface area (Å²) in [5, 5.41) is 9.72. The molecule has 5 heteroatoms. The Kier molecular flexibility index (Phi) is 4.50. The van der Waals surface area contributed by atoms with E-state index in [0.29, 0.717) is 18.1 Å². The molecule has 4 nitrogen and oxygen atoms in total. The number of pyridine rings is 2. The van der Waals surface area contributed by atoms with Gasteiger partial charge < -0.3 is 10.0 Å². The van der Waals surface area contributed by atoms with Crippen LogP contribution in [0.2, 0.25) is 5.02 Å². The SMILES string of the molecule is OCCN(Cc1cccnc1)c1ccc(Cl)cn1. The monoisotopic (exact) mass is 263 g/mol. The van der Waals surface area contributed by atoms with Crippen LogP contribution in [0.1, 0.15) is 5.56 Å². The molecule has 0 radical (unpaired) electrons. The molecule has 0 unspecified atom stereocenters. The van der Waals surface area contributed by atoms with E-state index in [9.17, 15) is 0 Å². The summed E-state index contributed by atoms with van der Waals surface area (Å²) in [6, 6.07) is 7.51. The summed E-state index contributed by atoms with van der Waals surface area (Å²) in [7, 11) is 0. The predicted octanol–water partition coefficient (Wildman–Crippen LogP) is 2.13. The Morgan fingerprint density at radius 1 is 1.22 bits per heavy atom. The van der Waals surface area contributed by atoms with Crippen LogP contribution in [-0.4, -0.2) is 28.2 Å². The van der Waals surface area contributed by atoms with Crippen molar-refractivity contribution in [2.75, 3.05) is 18.1 Å². The lowest BCUT2D eigenvalue weighted by Crippen LogP contribution is -2.26. The number of anilines is 1. The van der Waals surface area contributed by atoms with Crippen LogP contribution in [0.5, 0.6) is 0 Å². The number of hydrogen-bond acceptors (Lipinski definition) is 4. The first kappa shape index (κ1) is 12.8. The molecule has 0 saturated carbocycles. The Morgan fingerprint density at radius 2 is 2.11 bits per heavy atom. The third-order valence-corrected chi connectivity index (χ3v) is 2.73. The first-order chi connectivity index (χ1) is 8.79. The number of aliphatic hydroxyl groups is 1. The predicted molar refractivity (Wildman–Crippen MR) is 71.6 cm³/mol. The van der Waals surface area contributed by atoms with Crippen molar-refractivity contribution in [2.24, 2.45) is 0 Å². The topological polar surface area (TPSA) is 49.2 Å². The van der Waals surface area contributed by atoms with Crippen molar-refractivity contribution in [3.63, 3.8) is 0 Å². The van der Waals surface area contributed by atoms with Crippen LogP contribution in [0.15, 0.2) is 42.9 Å². The van der Waals surface area contributed by atoms with E-state index in [4.69, 9.17) is 16.7 Å². The number of nitrogens with zero attached hydrogens (tertiary/aromatic N) is 3. The van der Waals surface area contributed by atoms with E-state index >= 15 is 0 Å². The van der Waals surface area contributed by atoms with E-state index in [1.165, 1.54) is 0 Å². The highest BCUT2D eigenvalue weighted by atomic mass is 35.5. The van der Waals surface area contributed by atoms with Crippen molar-refractivity contribution in [3.8, 4) is 0 Å². The third-order valence-electron chi connectivity index (χ3n) is 2.50. The van der Waals surface area contributed by atoms with Gasteiger partial charge in [0.05, 0.1) is 11.6 Å². The van der Waals surface area contributed by atoms with Crippen molar-refractivity contribution < 1.29 is 5.11 Å². The summed E-state index contributed by atoms with van der Waals surface area (Å²) >= 11 is 5.81. The molecule has 0 aliphatic rings. The summed E-state index contributed by atoms with van der Waals surface area (Å²) in [6.07, 6.45) is 5.14. The maximum Gasteiger partial charge on any atom is 0.128 e. The van der Waals surface area contributed by atoms with Gasteiger partial charge in [-0.15, -0.1) is 0 Å². The van der Waals surface area contributed by atoms with Crippen LogP contribution in [0.4, 0.5) is 5.82 Å². The highest BCUT2D eigenvalue weighted by molar-refractivity contribution is 6.30. The molecule has 2 aromatic heterocycles. The van der Waals surface area contributed by atoms with Crippen LogP contribution < -0.4 is 4.90 Å². The van der Waals surface area contributed by atoms with Gasteiger partial charge in [-0.05, 0) is 23.8 Å². The standard InChI is InChI=1S/C13H14ClN3O/c14-12-3-4-13(16-9-12)17(6-7-18)10-11-2-1-5-15-8-11/h1-5,8-9,18H,6-7,10H2. The molecule has 94 valence electrons. The highest BCUT2D eigenvalue weighted by Crippen LogP contribution is 2.16. The minimum Gasteiger partial charge on any atom is -0.395 e. The van der Waals surface area contributed by atoms with Crippen LogP contribution >= 0.6 is 11.6 Å². The van der Waals surface area contributed by atoms with E-state index in [1.807, 2.05) is 23.1 Å². The Labute approximate surface area is 111 Å². The van der Waals surface area contributed by atoms with Crippen molar-refractivity contribution in [1.29, 1.82) is 0 Å². The Bertz CT molecular complexity index is 475. The van der Waals surface area contributed by atoms with Gasteiger partial charge >= 0.3 is 0 Å². The number of rotatable bonds is 5. The third kappa shape index (κ3) is 3.42. The molecule has 1 N–H and O–H groups in total. The molecule has 0 aliphatic carbocycles. The zero-order valence-electron chi connectivity index (χ0n) is 9.83. The van der Waals surface area contributed by atoms with Gasteiger partial charge in [0.25, 0.3) is 0 Å². The summed E-state index contributed by atoms with van der Waals surface area (Å²) in [4.78, 5) is 10.3. The van der Waals surface area contributed by atoms with E-state index in [2.05, 4.69) is 9.97 Å². The normalized spacial score (nSPS) is 10.3. The molecular weight excluding hydrogens is 250 g/mol. The number of halogens is 1. The molecule has 2 aromatic rings. The summed E-state index contributed by atoms with van der Waals surface area (Å²) in [6.45, 7) is 1.25. The van der Waals surface area contributed by atoms with Gasteiger partial charge in [-0.3, -0.25) is 4.98 Å². The van der Waals surface area contributed by atoms with Crippen molar-refractivity contribution >= 4 is 17.4 Å². The zero-order valence-corrected chi connectivity index (χ0v) is 10.6.